The average molecular weight is 294 g/mol. The number of pyridine rings is 1. The maximum absolute atomic E-state index is 11.7. The van der Waals surface area contributed by atoms with Crippen LogP contribution in [-0.4, -0.2) is 51.3 Å². The van der Waals surface area contributed by atoms with Gasteiger partial charge in [-0.05, 0) is 18.1 Å². The van der Waals surface area contributed by atoms with Gasteiger partial charge in [0, 0.05) is 40.0 Å². The van der Waals surface area contributed by atoms with Crippen LogP contribution < -0.4 is 15.5 Å². The summed E-state index contributed by atoms with van der Waals surface area (Å²) in [4.78, 5) is 17.9. The molecule has 1 amide bonds. The lowest BCUT2D eigenvalue weighted by Crippen LogP contribution is -2.35. The summed E-state index contributed by atoms with van der Waals surface area (Å²) in [5.41, 5.74) is 1.11. The SMILES string of the molecule is CCCNC(=O)CN(C)c1ccc(CNCCOC)cn1. The van der Waals surface area contributed by atoms with Crippen molar-refractivity contribution in [2.75, 3.05) is 45.3 Å². The van der Waals surface area contributed by atoms with E-state index in [2.05, 4.69) is 15.6 Å². The molecule has 0 spiro atoms. The molecule has 1 rings (SSSR count). The fourth-order valence-corrected chi connectivity index (χ4v) is 1.77. The molecule has 0 aliphatic heterocycles. The number of hydrogen-bond donors (Lipinski definition) is 2. The van der Waals surface area contributed by atoms with Gasteiger partial charge in [-0.2, -0.15) is 0 Å². The Balaban J connectivity index is 2.39. The number of amides is 1. The number of anilines is 1. The van der Waals surface area contributed by atoms with Crippen LogP contribution in [0.15, 0.2) is 18.3 Å². The van der Waals surface area contributed by atoms with E-state index in [4.69, 9.17) is 4.74 Å². The smallest absolute Gasteiger partial charge is 0.239 e. The van der Waals surface area contributed by atoms with Gasteiger partial charge in [-0.25, -0.2) is 4.98 Å². The zero-order valence-corrected chi connectivity index (χ0v) is 13.2. The van der Waals surface area contributed by atoms with Crippen LogP contribution in [0.1, 0.15) is 18.9 Å². The number of rotatable bonds is 10. The zero-order valence-electron chi connectivity index (χ0n) is 13.2. The summed E-state index contributed by atoms with van der Waals surface area (Å²) in [6, 6.07) is 3.95. The van der Waals surface area contributed by atoms with Gasteiger partial charge in [0.05, 0.1) is 13.2 Å². The van der Waals surface area contributed by atoms with Crippen molar-refractivity contribution in [3.63, 3.8) is 0 Å². The maximum atomic E-state index is 11.7. The molecule has 2 N–H and O–H groups in total. The molecule has 1 aromatic rings. The van der Waals surface area contributed by atoms with Crippen molar-refractivity contribution < 1.29 is 9.53 Å². The second-order valence-electron chi connectivity index (χ2n) is 4.90. The third kappa shape index (κ3) is 7.06. The molecule has 0 unspecified atom stereocenters. The Labute approximate surface area is 126 Å². The topological polar surface area (TPSA) is 66.5 Å². The number of hydrogen-bond acceptors (Lipinski definition) is 5. The Hall–Kier alpha value is -1.66. The van der Waals surface area contributed by atoms with Crippen LogP contribution in [0.4, 0.5) is 5.82 Å². The molecule has 6 nitrogen and oxygen atoms in total. The van der Waals surface area contributed by atoms with E-state index in [1.807, 2.05) is 37.2 Å². The summed E-state index contributed by atoms with van der Waals surface area (Å²) in [5.74, 6) is 0.814. The highest BCUT2D eigenvalue weighted by Gasteiger charge is 2.07. The normalized spacial score (nSPS) is 10.4. The first-order valence-corrected chi connectivity index (χ1v) is 7.29. The highest BCUT2D eigenvalue weighted by atomic mass is 16.5. The number of nitrogens with zero attached hydrogens (tertiary/aromatic N) is 2. The summed E-state index contributed by atoms with van der Waals surface area (Å²) in [7, 11) is 3.55. The fourth-order valence-electron chi connectivity index (χ4n) is 1.77. The van der Waals surface area contributed by atoms with E-state index in [-0.39, 0.29) is 5.91 Å². The fraction of sp³-hybridized carbons (Fsp3) is 0.600. The van der Waals surface area contributed by atoms with Crippen LogP contribution in [0.3, 0.4) is 0 Å². The van der Waals surface area contributed by atoms with Gasteiger partial charge in [0.15, 0.2) is 0 Å². The third-order valence-corrected chi connectivity index (χ3v) is 2.97. The predicted molar refractivity (Wildman–Crippen MR) is 84.4 cm³/mol. The number of carbonyl (C=O) groups excluding carboxylic acids is 1. The van der Waals surface area contributed by atoms with Crippen LogP contribution >= 0.6 is 0 Å². The van der Waals surface area contributed by atoms with E-state index in [9.17, 15) is 4.79 Å². The number of likely N-dealkylation sites (N-methyl/N-ethyl adjacent to an activating group) is 1. The lowest BCUT2D eigenvalue weighted by atomic mass is 10.2. The number of nitrogens with one attached hydrogen (secondary N) is 2. The third-order valence-electron chi connectivity index (χ3n) is 2.97. The molecule has 0 aliphatic carbocycles. The van der Waals surface area contributed by atoms with Crippen LogP contribution in [-0.2, 0) is 16.1 Å². The average Bonchev–Trinajstić information content (AvgIpc) is 2.50. The molecule has 1 aromatic heterocycles. The van der Waals surface area contributed by atoms with E-state index < -0.39 is 0 Å². The van der Waals surface area contributed by atoms with Gasteiger partial charge >= 0.3 is 0 Å². The standard InChI is InChI=1S/C15H26N4O2/c1-4-7-17-15(20)12-19(2)14-6-5-13(11-18-14)10-16-8-9-21-3/h5-6,11,16H,4,7-10,12H2,1-3H3,(H,17,20). The zero-order chi connectivity index (χ0) is 15.5. The first kappa shape index (κ1) is 17.4. The van der Waals surface area contributed by atoms with Gasteiger partial charge in [0.25, 0.3) is 0 Å². The molecule has 0 aromatic carbocycles. The minimum Gasteiger partial charge on any atom is -0.383 e. The molecule has 0 radical (unpaired) electrons. The Kier molecular flexibility index (Phi) is 8.38. The van der Waals surface area contributed by atoms with Crippen molar-refractivity contribution in [2.24, 2.45) is 0 Å². The molecule has 0 saturated heterocycles. The summed E-state index contributed by atoms with van der Waals surface area (Å²) in [6.45, 7) is 5.34. The highest BCUT2D eigenvalue weighted by molar-refractivity contribution is 5.80. The van der Waals surface area contributed by atoms with Crippen molar-refractivity contribution in [1.29, 1.82) is 0 Å². The van der Waals surface area contributed by atoms with E-state index in [0.29, 0.717) is 19.7 Å². The van der Waals surface area contributed by atoms with Gasteiger partial charge in [-0.3, -0.25) is 4.79 Å². The lowest BCUT2D eigenvalue weighted by Gasteiger charge is -2.17. The Morgan fingerprint density at radius 3 is 2.81 bits per heavy atom. The first-order valence-electron chi connectivity index (χ1n) is 7.29. The van der Waals surface area contributed by atoms with Crippen LogP contribution in [0.2, 0.25) is 0 Å². The highest BCUT2D eigenvalue weighted by Crippen LogP contribution is 2.09. The molecular weight excluding hydrogens is 268 g/mol. The van der Waals surface area contributed by atoms with Crippen LogP contribution in [0, 0.1) is 0 Å². The quantitative estimate of drug-likeness (QED) is 0.624. The molecule has 21 heavy (non-hydrogen) atoms. The van der Waals surface area contributed by atoms with Crippen LogP contribution in [0.25, 0.3) is 0 Å². The number of aromatic nitrogens is 1. The largest absolute Gasteiger partial charge is 0.383 e. The van der Waals surface area contributed by atoms with Gasteiger partial charge < -0.3 is 20.3 Å². The van der Waals surface area contributed by atoms with Crippen molar-refractivity contribution in [2.45, 2.75) is 19.9 Å². The van der Waals surface area contributed by atoms with Crippen LogP contribution in [0.5, 0.6) is 0 Å². The molecule has 0 bridgehead atoms. The minimum atomic E-state index is 0.0199. The Morgan fingerprint density at radius 1 is 1.38 bits per heavy atom. The number of ether oxygens (including phenoxy) is 1. The van der Waals surface area contributed by atoms with Crippen molar-refractivity contribution in [3.8, 4) is 0 Å². The van der Waals surface area contributed by atoms with E-state index in [1.165, 1.54) is 0 Å². The summed E-state index contributed by atoms with van der Waals surface area (Å²) in [5, 5.41) is 6.12. The molecule has 6 heteroatoms. The van der Waals surface area contributed by atoms with Gasteiger partial charge in [0.2, 0.25) is 5.91 Å². The molecule has 0 atom stereocenters. The Bertz CT molecular complexity index is 409. The van der Waals surface area contributed by atoms with Gasteiger partial charge in [-0.1, -0.05) is 13.0 Å². The monoisotopic (exact) mass is 294 g/mol. The van der Waals surface area contributed by atoms with Gasteiger partial charge in [-0.15, -0.1) is 0 Å². The molecule has 0 saturated carbocycles. The predicted octanol–water partition coefficient (Wildman–Crippen LogP) is 0.780. The summed E-state index contributed by atoms with van der Waals surface area (Å²) < 4.78 is 4.97. The minimum absolute atomic E-state index is 0.0199. The molecular formula is C15H26N4O2. The molecule has 1 heterocycles. The van der Waals surface area contributed by atoms with Crippen molar-refractivity contribution >= 4 is 11.7 Å². The molecule has 0 fully saturated rings. The summed E-state index contributed by atoms with van der Waals surface area (Å²) in [6.07, 6.45) is 2.77. The second-order valence-corrected chi connectivity index (χ2v) is 4.90. The maximum Gasteiger partial charge on any atom is 0.239 e. The first-order chi connectivity index (χ1) is 10.2. The van der Waals surface area contributed by atoms with Crippen molar-refractivity contribution in [3.05, 3.63) is 23.9 Å². The summed E-state index contributed by atoms with van der Waals surface area (Å²) >= 11 is 0. The van der Waals surface area contributed by atoms with Gasteiger partial charge in [0.1, 0.15) is 5.82 Å². The second kappa shape index (κ2) is 10.1. The van der Waals surface area contributed by atoms with E-state index in [1.54, 1.807) is 7.11 Å². The van der Waals surface area contributed by atoms with E-state index in [0.717, 1.165) is 30.9 Å². The number of carbonyl (C=O) groups is 1. The Morgan fingerprint density at radius 2 is 2.19 bits per heavy atom. The van der Waals surface area contributed by atoms with Crippen molar-refractivity contribution in [1.82, 2.24) is 15.6 Å². The number of methoxy groups -OCH3 is 1. The lowest BCUT2D eigenvalue weighted by molar-refractivity contribution is -0.119. The molecule has 0 aliphatic rings. The van der Waals surface area contributed by atoms with E-state index >= 15 is 0 Å². The molecule has 118 valence electrons.